The number of halogens is 1. The standard InChI is InChI=1S/C13H20ClN3/c1-11(15)17-8-6-16(7-9-17)10-12-2-4-13(14)5-3-12/h2-5,11H,6-10,15H2,1H3. The van der Waals surface area contributed by atoms with Crippen LogP contribution in [0, 0.1) is 0 Å². The first-order chi connectivity index (χ1) is 8.15. The van der Waals surface area contributed by atoms with E-state index in [1.807, 2.05) is 12.1 Å². The van der Waals surface area contributed by atoms with Gasteiger partial charge in [0.2, 0.25) is 0 Å². The lowest BCUT2D eigenvalue weighted by Crippen LogP contribution is -2.51. The zero-order valence-corrected chi connectivity index (χ0v) is 11.0. The molecule has 2 N–H and O–H groups in total. The van der Waals surface area contributed by atoms with E-state index in [9.17, 15) is 0 Å². The maximum atomic E-state index is 5.87. The van der Waals surface area contributed by atoms with Gasteiger partial charge in [-0.3, -0.25) is 9.80 Å². The second-order valence-corrected chi connectivity index (χ2v) is 5.12. The summed E-state index contributed by atoms with van der Waals surface area (Å²) >= 11 is 5.87. The summed E-state index contributed by atoms with van der Waals surface area (Å²) in [5.74, 6) is 0. The molecule has 1 saturated heterocycles. The molecule has 1 fully saturated rings. The van der Waals surface area contributed by atoms with E-state index < -0.39 is 0 Å². The van der Waals surface area contributed by atoms with Gasteiger partial charge in [-0.1, -0.05) is 23.7 Å². The Morgan fingerprint density at radius 2 is 1.76 bits per heavy atom. The van der Waals surface area contributed by atoms with Gasteiger partial charge < -0.3 is 5.73 Å². The predicted molar refractivity (Wildman–Crippen MR) is 72.0 cm³/mol. The summed E-state index contributed by atoms with van der Waals surface area (Å²) in [4.78, 5) is 4.78. The van der Waals surface area contributed by atoms with Gasteiger partial charge in [-0.2, -0.15) is 0 Å². The molecular formula is C13H20ClN3. The van der Waals surface area contributed by atoms with Crippen LogP contribution in [-0.2, 0) is 6.54 Å². The molecule has 0 bridgehead atoms. The molecule has 94 valence electrons. The molecule has 0 radical (unpaired) electrons. The van der Waals surface area contributed by atoms with Crippen molar-refractivity contribution in [1.82, 2.24) is 9.80 Å². The van der Waals surface area contributed by atoms with Crippen molar-refractivity contribution >= 4 is 11.6 Å². The SMILES string of the molecule is CC(N)N1CCN(Cc2ccc(Cl)cc2)CC1. The smallest absolute Gasteiger partial charge is 0.0543 e. The fourth-order valence-electron chi connectivity index (χ4n) is 2.18. The summed E-state index contributed by atoms with van der Waals surface area (Å²) in [6, 6.07) is 8.10. The van der Waals surface area contributed by atoms with Crippen LogP contribution in [0.15, 0.2) is 24.3 Å². The van der Waals surface area contributed by atoms with Gasteiger partial charge in [0.25, 0.3) is 0 Å². The molecule has 1 aromatic rings. The van der Waals surface area contributed by atoms with Crippen LogP contribution in [-0.4, -0.2) is 42.1 Å². The largest absolute Gasteiger partial charge is 0.316 e. The lowest BCUT2D eigenvalue weighted by molar-refractivity contribution is 0.1000. The van der Waals surface area contributed by atoms with Gasteiger partial charge >= 0.3 is 0 Å². The third kappa shape index (κ3) is 3.68. The predicted octanol–water partition coefficient (Wildman–Crippen LogP) is 1.76. The van der Waals surface area contributed by atoms with E-state index >= 15 is 0 Å². The van der Waals surface area contributed by atoms with Gasteiger partial charge in [0.15, 0.2) is 0 Å². The molecule has 1 aliphatic rings. The minimum Gasteiger partial charge on any atom is -0.316 e. The topological polar surface area (TPSA) is 32.5 Å². The second kappa shape index (κ2) is 5.83. The molecule has 1 unspecified atom stereocenters. The molecule has 0 aliphatic carbocycles. The first kappa shape index (κ1) is 12.8. The van der Waals surface area contributed by atoms with Gasteiger partial charge in [0, 0.05) is 37.7 Å². The van der Waals surface area contributed by atoms with Gasteiger partial charge in [0.05, 0.1) is 6.17 Å². The van der Waals surface area contributed by atoms with Crippen molar-refractivity contribution < 1.29 is 0 Å². The van der Waals surface area contributed by atoms with E-state index in [2.05, 4.69) is 28.9 Å². The Morgan fingerprint density at radius 1 is 1.18 bits per heavy atom. The first-order valence-corrected chi connectivity index (χ1v) is 6.49. The highest BCUT2D eigenvalue weighted by molar-refractivity contribution is 6.30. The summed E-state index contributed by atoms with van der Waals surface area (Å²) in [5.41, 5.74) is 7.20. The maximum absolute atomic E-state index is 5.87. The molecule has 1 aliphatic heterocycles. The minimum absolute atomic E-state index is 0.174. The highest BCUT2D eigenvalue weighted by Gasteiger charge is 2.18. The zero-order chi connectivity index (χ0) is 12.3. The highest BCUT2D eigenvalue weighted by atomic mass is 35.5. The molecular weight excluding hydrogens is 234 g/mol. The molecule has 1 atom stereocenters. The Hall–Kier alpha value is -0.610. The summed E-state index contributed by atoms with van der Waals surface area (Å²) in [6.07, 6.45) is 0.174. The second-order valence-electron chi connectivity index (χ2n) is 4.68. The summed E-state index contributed by atoms with van der Waals surface area (Å²) in [5, 5.41) is 0.801. The Balaban J connectivity index is 1.84. The average Bonchev–Trinajstić information content (AvgIpc) is 2.33. The van der Waals surface area contributed by atoms with Crippen LogP contribution in [0.25, 0.3) is 0 Å². The van der Waals surface area contributed by atoms with E-state index in [1.54, 1.807) is 0 Å². The van der Waals surface area contributed by atoms with E-state index in [1.165, 1.54) is 5.56 Å². The van der Waals surface area contributed by atoms with Crippen molar-refractivity contribution in [1.29, 1.82) is 0 Å². The average molecular weight is 254 g/mol. The zero-order valence-electron chi connectivity index (χ0n) is 10.3. The van der Waals surface area contributed by atoms with Crippen LogP contribution in [0.5, 0.6) is 0 Å². The molecule has 4 heteroatoms. The summed E-state index contributed by atoms with van der Waals surface area (Å²) in [7, 11) is 0. The third-order valence-electron chi connectivity index (χ3n) is 3.30. The molecule has 1 heterocycles. The Bertz CT molecular complexity index is 342. The number of benzene rings is 1. The van der Waals surface area contributed by atoms with Crippen LogP contribution < -0.4 is 5.73 Å². The van der Waals surface area contributed by atoms with Crippen LogP contribution in [0.3, 0.4) is 0 Å². The van der Waals surface area contributed by atoms with E-state index in [4.69, 9.17) is 17.3 Å². The fraction of sp³-hybridized carbons (Fsp3) is 0.538. The number of rotatable bonds is 3. The summed E-state index contributed by atoms with van der Waals surface area (Å²) < 4.78 is 0. The van der Waals surface area contributed by atoms with Crippen LogP contribution in [0.4, 0.5) is 0 Å². The third-order valence-corrected chi connectivity index (χ3v) is 3.55. The van der Waals surface area contributed by atoms with Crippen LogP contribution in [0.1, 0.15) is 12.5 Å². The first-order valence-electron chi connectivity index (χ1n) is 6.11. The summed E-state index contributed by atoms with van der Waals surface area (Å²) in [6.45, 7) is 7.35. The molecule has 0 spiro atoms. The number of hydrogen-bond acceptors (Lipinski definition) is 3. The lowest BCUT2D eigenvalue weighted by Gasteiger charge is -2.36. The maximum Gasteiger partial charge on any atom is 0.0543 e. The molecule has 1 aromatic carbocycles. The van der Waals surface area contributed by atoms with Crippen LogP contribution in [0.2, 0.25) is 5.02 Å². The monoisotopic (exact) mass is 253 g/mol. The van der Waals surface area contributed by atoms with E-state index in [0.29, 0.717) is 0 Å². The molecule has 17 heavy (non-hydrogen) atoms. The van der Waals surface area contributed by atoms with Crippen LogP contribution >= 0.6 is 11.6 Å². The number of hydrogen-bond donors (Lipinski definition) is 1. The fourth-order valence-corrected chi connectivity index (χ4v) is 2.30. The normalized spacial score (nSPS) is 20.4. The Labute approximate surface area is 108 Å². The van der Waals surface area contributed by atoms with Crippen molar-refractivity contribution in [3.05, 3.63) is 34.9 Å². The van der Waals surface area contributed by atoms with Crippen molar-refractivity contribution in [3.8, 4) is 0 Å². The minimum atomic E-state index is 0.174. The van der Waals surface area contributed by atoms with Gasteiger partial charge in [-0.25, -0.2) is 0 Å². The number of piperazine rings is 1. The lowest BCUT2D eigenvalue weighted by atomic mass is 10.2. The number of nitrogens with two attached hydrogens (primary N) is 1. The Morgan fingerprint density at radius 3 is 2.29 bits per heavy atom. The van der Waals surface area contributed by atoms with Gasteiger partial charge in [-0.15, -0.1) is 0 Å². The number of nitrogens with zero attached hydrogens (tertiary/aromatic N) is 2. The van der Waals surface area contributed by atoms with Gasteiger partial charge in [0.1, 0.15) is 0 Å². The molecule has 3 nitrogen and oxygen atoms in total. The molecule has 0 aromatic heterocycles. The molecule has 2 rings (SSSR count). The Kier molecular flexibility index (Phi) is 4.40. The van der Waals surface area contributed by atoms with Crippen molar-refractivity contribution in [3.63, 3.8) is 0 Å². The molecule has 0 amide bonds. The van der Waals surface area contributed by atoms with Crippen molar-refractivity contribution in [2.45, 2.75) is 19.6 Å². The highest BCUT2D eigenvalue weighted by Crippen LogP contribution is 2.13. The van der Waals surface area contributed by atoms with E-state index in [0.717, 1.165) is 37.7 Å². The van der Waals surface area contributed by atoms with Gasteiger partial charge in [-0.05, 0) is 24.6 Å². The molecule has 0 saturated carbocycles. The van der Waals surface area contributed by atoms with E-state index in [-0.39, 0.29) is 6.17 Å². The van der Waals surface area contributed by atoms with Crippen molar-refractivity contribution in [2.24, 2.45) is 5.73 Å². The quantitative estimate of drug-likeness (QED) is 0.891. The van der Waals surface area contributed by atoms with Crippen molar-refractivity contribution in [2.75, 3.05) is 26.2 Å².